The topological polar surface area (TPSA) is 9.23 Å². The van der Waals surface area contributed by atoms with Crippen molar-refractivity contribution in [2.75, 3.05) is 6.61 Å². The van der Waals surface area contributed by atoms with E-state index in [0.29, 0.717) is 5.00 Å². The Bertz CT molecular complexity index is 136. The predicted octanol–water partition coefficient (Wildman–Crippen LogP) is 4.74. The fraction of sp³-hybridized carbons (Fsp3) is 1.00. The van der Waals surface area contributed by atoms with Gasteiger partial charge in [0.15, 0.2) is 0 Å². The molecule has 0 aliphatic heterocycles. The van der Waals surface area contributed by atoms with Crippen molar-refractivity contribution in [1.82, 2.24) is 0 Å². The van der Waals surface area contributed by atoms with Gasteiger partial charge in [0, 0.05) is 6.61 Å². The molecule has 1 nitrogen and oxygen atoms in total. The van der Waals surface area contributed by atoms with E-state index in [2.05, 4.69) is 27.7 Å². The number of alkyl halides is 1. The highest BCUT2D eigenvalue weighted by Gasteiger charge is 2.39. The molecule has 3 heteroatoms. The van der Waals surface area contributed by atoms with Gasteiger partial charge in [-0.1, -0.05) is 40.0 Å². The molecule has 0 rings (SSSR count). The average molecular weight is 251 g/mol. The zero-order valence-electron chi connectivity index (χ0n) is 10.8. The van der Waals surface area contributed by atoms with Crippen LogP contribution in [-0.2, 0) is 4.43 Å². The number of hydrogen-bond donors (Lipinski definition) is 0. The molecule has 0 spiro atoms. The Morgan fingerprint density at radius 3 is 1.87 bits per heavy atom. The fourth-order valence-corrected chi connectivity index (χ4v) is 7.81. The second kappa shape index (κ2) is 8.60. The Kier molecular flexibility index (Phi) is 8.87. The lowest BCUT2D eigenvalue weighted by Gasteiger charge is -2.35. The molecule has 0 fully saturated rings. The van der Waals surface area contributed by atoms with Crippen molar-refractivity contribution < 1.29 is 4.43 Å². The van der Waals surface area contributed by atoms with Crippen molar-refractivity contribution >= 4 is 19.9 Å². The van der Waals surface area contributed by atoms with Crippen LogP contribution < -0.4 is 0 Å². The van der Waals surface area contributed by atoms with E-state index in [9.17, 15) is 0 Å². The van der Waals surface area contributed by atoms with Crippen LogP contribution in [0.3, 0.4) is 0 Å². The molecule has 0 radical (unpaired) electrons. The molecule has 0 aliphatic carbocycles. The van der Waals surface area contributed by atoms with Crippen molar-refractivity contribution in [1.29, 1.82) is 0 Å². The molecular weight excluding hydrogens is 224 g/mol. The van der Waals surface area contributed by atoms with Crippen molar-refractivity contribution in [3.8, 4) is 0 Å². The van der Waals surface area contributed by atoms with Crippen molar-refractivity contribution in [3.63, 3.8) is 0 Å². The van der Waals surface area contributed by atoms with Gasteiger partial charge in [0.1, 0.15) is 0 Å². The summed E-state index contributed by atoms with van der Waals surface area (Å²) in [5.74, 6) is 0. The lowest BCUT2D eigenvalue weighted by molar-refractivity contribution is 0.313. The monoisotopic (exact) mass is 250 g/mol. The normalized spacial score (nSPS) is 14.2. The Morgan fingerprint density at radius 2 is 1.53 bits per heavy atom. The Morgan fingerprint density at radius 1 is 1.00 bits per heavy atom. The summed E-state index contributed by atoms with van der Waals surface area (Å²) in [5, 5.41) is 0.308. The largest absolute Gasteiger partial charge is 0.416 e. The molecule has 0 saturated heterocycles. The molecule has 92 valence electrons. The molecule has 0 aliphatic rings. The molecule has 1 unspecified atom stereocenters. The van der Waals surface area contributed by atoms with Crippen LogP contribution in [0.1, 0.15) is 53.4 Å². The molecule has 0 amide bonds. The van der Waals surface area contributed by atoms with Crippen molar-refractivity contribution in [2.24, 2.45) is 0 Å². The summed E-state index contributed by atoms with van der Waals surface area (Å²) in [6.45, 7) is 9.62. The SMILES string of the molecule is CCCC(Cl)[Si](CCC)(CCC)OCC. The summed E-state index contributed by atoms with van der Waals surface area (Å²) in [6.07, 6.45) is 4.70. The second-order valence-corrected chi connectivity index (χ2v) is 9.26. The Labute approximate surface area is 102 Å². The van der Waals surface area contributed by atoms with E-state index < -0.39 is 8.32 Å². The Balaban J connectivity index is 4.57. The number of hydrogen-bond acceptors (Lipinski definition) is 1. The van der Waals surface area contributed by atoms with Gasteiger partial charge in [0.25, 0.3) is 0 Å². The number of halogens is 1. The van der Waals surface area contributed by atoms with Gasteiger partial charge in [-0.3, -0.25) is 0 Å². The van der Waals surface area contributed by atoms with Gasteiger partial charge >= 0.3 is 0 Å². The molecular formula is C12H27ClOSi. The molecule has 15 heavy (non-hydrogen) atoms. The summed E-state index contributed by atoms with van der Waals surface area (Å²) in [4.78, 5) is 0. The lowest BCUT2D eigenvalue weighted by atomic mass is 10.4. The summed E-state index contributed by atoms with van der Waals surface area (Å²) in [5.41, 5.74) is 0. The maximum absolute atomic E-state index is 6.58. The maximum Gasteiger partial charge on any atom is 0.210 e. The van der Waals surface area contributed by atoms with Crippen LogP contribution in [0.25, 0.3) is 0 Å². The van der Waals surface area contributed by atoms with Gasteiger partial charge in [-0.05, 0) is 25.4 Å². The first-order valence-electron chi connectivity index (χ1n) is 6.44. The fourth-order valence-electron chi connectivity index (χ4n) is 2.32. The predicted molar refractivity (Wildman–Crippen MR) is 72.1 cm³/mol. The smallest absolute Gasteiger partial charge is 0.210 e. The quantitative estimate of drug-likeness (QED) is 0.425. The molecule has 0 aromatic rings. The average Bonchev–Trinajstić information content (AvgIpc) is 2.19. The molecule has 1 atom stereocenters. The number of rotatable bonds is 9. The summed E-state index contributed by atoms with van der Waals surface area (Å²) in [6, 6.07) is 2.45. The van der Waals surface area contributed by atoms with Gasteiger partial charge in [0.05, 0.1) is 5.00 Å². The van der Waals surface area contributed by atoms with E-state index in [4.69, 9.17) is 16.0 Å². The van der Waals surface area contributed by atoms with Gasteiger partial charge in [-0.25, -0.2) is 0 Å². The minimum Gasteiger partial charge on any atom is -0.416 e. The van der Waals surface area contributed by atoms with Gasteiger partial charge in [-0.15, -0.1) is 11.6 Å². The Hall–Kier alpha value is 0.467. The van der Waals surface area contributed by atoms with Crippen molar-refractivity contribution in [2.45, 2.75) is 70.5 Å². The van der Waals surface area contributed by atoms with Crippen LogP contribution in [0.5, 0.6) is 0 Å². The molecule has 0 aromatic carbocycles. The van der Waals surface area contributed by atoms with E-state index in [1.165, 1.54) is 31.4 Å². The molecule has 0 heterocycles. The first-order valence-corrected chi connectivity index (χ1v) is 9.28. The summed E-state index contributed by atoms with van der Waals surface area (Å²) >= 11 is 6.58. The van der Waals surface area contributed by atoms with Crippen LogP contribution in [0.4, 0.5) is 0 Å². The molecule has 0 saturated carbocycles. The van der Waals surface area contributed by atoms with E-state index in [1.54, 1.807) is 0 Å². The standard InChI is InChI=1S/C12H27ClOSi/c1-5-9-12(13)15(10-6-2,11-7-3)14-8-4/h12H,5-11H2,1-4H3. The van der Waals surface area contributed by atoms with Crippen LogP contribution >= 0.6 is 11.6 Å². The summed E-state index contributed by atoms with van der Waals surface area (Å²) < 4.78 is 6.13. The first-order chi connectivity index (χ1) is 7.16. The van der Waals surface area contributed by atoms with Crippen LogP contribution in [0.2, 0.25) is 12.1 Å². The van der Waals surface area contributed by atoms with Gasteiger partial charge < -0.3 is 4.43 Å². The highest BCUT2D eigenvalue weighted by Crippen LogP contribution is 2.31. The van der Waals surface area contributed by atoms with E-state index in [-0.39, 0.29) is 0 Å². The van der Waals surface area contributed by atoms with Crippen molar-refractivity contribution in [3.05, 3.63) is 0 Å². The lowest BCUT2D eigenvalue weighted by Crippen LogP contribution is -2.47. The minimum atomic E-state index is -1.65. The minimum absolute atomic E-state index is 0.308. The molecule has 0 aromatic heterocycles. The van der Waals surface area contributed by atoms with Gasteiger partial charge in [-0.2, -0.15) is 0 Å². The zero-order chi connectivity index (χ0) is 11.7. The van der Waals surface area contributed by atoms with Crippen LogP contribution in [0, 0.1) is 0 Å². The third kappa shape index (κ3) is 4.88. The van der Waals surface area contributed by atoms with E-state index in [1.807, 2.05) is 0 Å². The zero-order valence-corrected chi connectivity index (χ0v) is 12.6. The highest BCUT2D eigenvalue weighted by molar-refractivity contribution is 6.81. The highest BCUT2D eigenvalue weighted by atomic mass is 35.5. The maximum atomic E-state index is 6.58. The second-order valence-electron chi connectivity index (χ2n) is 4.25. The molecule has 0 N–H and O–H groups in total. The summed E-state index contributed by atoms with van der Waals surface area (Å²) in [7, 11) is -1.65. The third-order valence-electron chi connectivity index (χ3n) is 2.89. The van der Waals surface area contributed by atoms with Gasteiger partial charge in [0.2, 0.25) is 8.32 Å². The van der Waals surface area contributed by atoms with E-state index >= 15 is 0 Å². The first kappa shape index (κ1) is 15.5. The van der Waals surface area contributed by atoms with Crippen LogP contribution in [0.15, 0.2) is 0 Å². The molecule has 0 bridgehead atoms. The van der Waals surface area contributed by atoms with Crippen LogP contribution in [-0.4, -0.2) is 19.9 Å². The van der Waals surface area contributed by atoms with E-state index in [0.717, 1.165) is 13.0 Å². The third-order valence-corrected chi connectivity index (χ3v) is 9.29.